The van der Waals surface area contributed by atoms with Crippen molar-refractivity contribution in [2.75, 3.05) is 5.32 Å². The second-order valence-corrected chi connectivity index (χ2v) is 4.68. The van der Waals surface area contributed by atoms with E-state index in [1.54, 1.807) is 12.1 Å². The highest BCUT2D eigenvalue weighted by molar-refractivity contribution is 5.89. The van der Waals surface area contributed by atoms with E-state index in [0.717, 1.165) is 0 Å². The Bertz CT molecular complexity index is 692. The SMILES string of the molecule is CC(C)c1nc(Nc2cccc(C(=O)O)c2)cc(=O)[nH]1. The first-order valence-corrected chi connectivity index (χ1v) is 6.17. The van der Waals surface area contributed by atoms with Crippen molar-refractivity contribution in [3.05, 3.63) is 52.1 Å². The van der Waals surface area contributed by atoms with Gasteiger partial charge >= 0.3 is 5.97 Å². The molecule has 0 aliphatic rings. The third kappa shape index (κ3) is 3.23. The standard InChI is InChI=1S/C14H15N3O3/c1-8(2)13-16-11(7-12(18)17-13)15-10-5-3-4-9(6-10)14(19)20/h3-8H,1-2H3,(H,19,20)(H2,15,16,17,18). The smallest absolute Gasteiger partial charge is 0.335 e. The predicted molar refractivity (Wildman–Crippen MR) is 75.6 cm³/mol. The summed E-state index contributed by atoms with van der Waals surface area (Å²) in [5, 5.41) is 11.9. The second-order valence-electron chi connectivity index (χ2n) is 4.68. The molecule has 0 atom stereocenters. The lowest BCUT2D eigenvalue weighted by Crippen LogP contribution is -2.13. The van der Waals surface area contributed by atoms with Gasteiger partial charge in [0.1, 0.15) is 11.6 Å². The van der Waals surface area contributed by atoms with Crippen molar-refractivity contribution in [3.8, 4) is 0 Å². The van der Waals surface area contributed by atoms with Gasteiger partial charge in [0.2, 0.25) is 0 Å². The maximum Gasteiger partial charge on any atom is 0.335 e. The topological polar surface area (TPSA) is 95.1 Å². The highest BCUT2D eigenvalue weighted by atomic mass is 16.4. The van der Waals surface area contributed by atoms with Crippen molar-refractivity contribution in [3.63, 3.8) is 0 Å². The van der Waals surface area contributed by atoms with Gasteiger partial charge in [0.05, 0.1) is 5.56 Å². The molecular weight excluding hydrogens is 258 g/mol. The first-order valence-electron chi connectivity index (χ1n) is 6.17. The Kier molecular flexibility index (Phi) is 3.84. The molecule has 6 nitrogen and oxygen atoms in total. The van der Waals surface area contributed by atoms with E-state index >= 15 is 0 Å². The lowest BCUT2D eigenvalue weighted by Gasteiger charge is -2.09. The Hall–Kier alpha value is -2.63. The van der Waals surface area contributed by atoms with Crippen LogP contribution in [-0.4, -0.2) is 21.0 Å². The summed E-state index contributed by atoms with van der Waals surface area (Å²) in [6.45, 7) is 3.85. The third-order valence-electron chi connectivity index (χ3n) is 2.69. The number of carboxylic acids is 1. The molecule has 0 aliphatic carbocycles. The van der Waals surface area contributed by atoms with Crippen LogP contribution in [0.5, 0.6) is 0 Å². The van der Waals surface area contributed by atoms with Crippen LogP contribution in [0.1, 0.15) is 35.9 Å². The number of carbonyl (C=O) groups is 1. The number of hydrogen-bond donors (Lipinski definition) is 3. The van der Waals surface area contributed by atoms with Gasteiger partial charge in [0, 0.05) is 17.7 Å². The van der Waals surface area contributed by atoms with Crippen molar-refractivity contribution in [2.24, 2.45) is 0 Å². The normalized spacial score (nSPS) is 10.6. The minimum absolute atomic E-state index is 0.0924. The van der Waals surface area contributed by atoms with E-state index in [2.05, 4.69) is 15.3 Å². The molecule has 0 aliphatic heterocycles. The minimum atomic E-state index is -1.00. The molecule has 1 heterocycles. The van der Waals surface area contributed by atoms with Crippen LogP contribution in [0.2, 0.25) is 0 Å². The average Bonchev–Trinajstić information content (AvgIpc) is 2.38. The highest BCUT2D eigenvalue weighted by Crippen LogP contribution is 2.16. The molecule has 1 aromatic carbocycles. The summed E-state index contributed by atoms with van der Waals surface area (Å²) in [6, 6.07) is 7.66. The first-order chi connectivity index (χ1) is 9.45. The van der Waals surface area contributed by atoms with Gasteiger partial charge in [-0.25, -0.2) is 9.78 Å². The number of aromatic carboxylic acids is 1. The zero-order valence-electron chi connectivity index (χ0n) is 11.2. The summed E-state index contributed by atoms with van der Waals surface area (Å²) < 4.78 is 0. The Morgan fingerprint density at radius 3 is 2.75 bits per heavy atom. The summed E-state index contributed by atoms with van der Waals surface area (Å²) in [4.78, 5) is 29.4. The van der Waals surface area contributed by atoms with Crippen LogP contribution in [0.15, 0.2) is 35.1 Å². The third-order valence-corrected chi connectivity index (χ3v) is 2.69. The molecule has 0 fully saturated rings. The van der Waals surface area contributed by atoms with Crippen LogP contribution in [0, 0.1) is 0 Å². The van der Waals surface area contributed by atoms with Crippen LogP contribution in [0.3, 0.4) is 0 Å². The van der Waals surface area contributed by atoms with E-state index in [9.17, 15) is 9.59 Å². The first kappa shape index (κ1) is 13.8. The molecule has 0 spiro atoms. The summed E-state index contributed by atoms with van der Waals surface area (Å²) in [6.07, 6.45) is 0. The van der Waals surface area contributed by atoms with Crippen LogP contribution in [0.25, 0.3) is 0 Å². The van der Waals surface area contributed by atoms with Crippen molar-refractivity contribution < 1.29 is 9.90 Å². The summed E-state index contributed by atoms with van der Waals surface area (Å²) in [5.41, 5.74) is 0.488. The van der Waals surface area contributed by atoms with Gasteiger partial charge in [-0.15, -0.1) is 0 Å². The van der Waals surface area contributed by atoms with Gasteiger partial charge in [-0.05, 0) is 18.2 Å². The molecule has 6 heteroatoms. The minimum Gasteiger partial charge on any atom is -0.478 e. The number of anilines is 2. The van der Waals surface area contributed by atoms with Gasteiger partial charge in [-0.3, -0.25) is 4.79 Å². The molecule has 2 rings (SSSR count). The molecule has 0 amide bonds. The Morgan fingerprint density at radius 1 is 1.35 bits per heavy atom. The lowest BCUT2D eigenvalue weighted by atomic mass is 10.2. The molecule has 2 aromatic rings. The molecule has 20 heavy (non-hydrogen) atoms. The highest BCUT2D eigenvalue weighted by Gasteiger charge is 2.07. The monoisotopic (exact) mass is 273 g/mol. The second kappa shape index (κ2) is 5.56. The van der Waals surface area contributed by atoms with Gasteiger partial charge in [0.25, 0.3) is 5.56 Å². The number of nitrogens with zero attached hydrogens (tertiary/aromatic N) is 1. The summed E-state index contributed by atoms with van der Waals surface area (Å²) >= 11 is 0. The zero-order chi connectivity index (χ0) is 14.7. The van der Waals surface area contributed by atoms with E-state index in [1.165, 1.54) is 18.2 Å². The Morgan fingerprint density at radius 2 is 2.10 bits per heavy atom. The number of carboxylic acid groups (broad SMARTS) is 1. The molecular formula is C14H15N3O3. The molecule has 104 valence electrons. The largest absolute Gasteiger partial charge is 0.478 e. The van der Waals surface area contributed by atoms with Crippen LogP contribution in [0.4, 0.5) is 11.5 Å². The van der Waals surface area contributed by atoms with Crippen molar-refractivity contribution >= 4 is 17.5 Å². The summed E-state index contributed by atoms with van der Waals surface area (Å²) in [5.74, 6) is 0.0552. The quantitative estimate of drug-likeness (QED) is 0.794. The van der Waals surface area contributed by atoms with E-state index in [-0.39, 0.29) is 17.0 Å². The lowest BCUT2D eigenvalue weighted by molar-refractivity contribution is 0.0697. The molecule has 3 N–H and O–H groups in total. The molecule has 0 radical (unpaired) electrons. The molecule has 0 saturated heterocycles. The van der Waals surface area contributed by atoms with Crippen LogP contribution >= 0.6 is 0 Å². The average molecular weight is 273 g/mol. The molecule has 0 saturated carbocycles. The van der Waals surface area contributed by atoms with Gasteiger partial charge in [-0.2, -0.15) is 0 Å². The van der Waals surface area contributed by atoms with Crippen molar-refractivity contribution in [1.29, 1.82) is 0 Å². The van der Waals surface area contributed by atoms with E-state index in [1.807, 2.05) is 13.8 Å². The van der Waals surface area contributed by atoms with Gasteiger partial charge in [-0.1, -0.05) is 19.9 Å². The zero-order valence-corrected chi connectivity index (χ0v) is 11.2. The number of rotatable bonds is 4. The van der Waals surface area contributed by atoms with Crippen molar-refractivity contribution in [1.82, 2.24) is 9.97 Å². The molecule has 0 bridgehead atoms. The van der Waals surface area contributed by atoms with Crippen LogP contribution < -0.4 is 10.9 Å². The van der Waals surface area contributed by atoms with Gasteiger partial charge < -0.3 is 15.4 Å². The fraction of sp³-hybridized carbons (Fsp3) is 0.214. The Balaban J connectivity index is 2.32. The summed E-state index contributed by atoms with van der Waals surface area (Å²) in [7, 11) is 0. The van der Waals surface area contributed by atoms with E-state index in [0.29, 0.717) is 17.3 Å². The molecule has 0 unspecified atom stereocenters. The molecule has 1 aromatic heterocycles. The van der Waals surface area contributed by atoms with Crippen molar-refractivity contribution in [2.45, 2.75) is 19.8 Å². The van der Waals surface area contributed by atoms with Crippen LogP contribution in [-0.2, 0) is 0 Å². The van der Waals surface area contributed by atoms with E-state index < -0.39 is 5.97 Å². The number of hydrogen-bond acceptors (Lipinski definition) is 4. The van der Waals surface area contributed by atoms with Gasteiger partial charge in [0.15, 0.2) is 0 Å². The number of aromatic amines is 1. The fourth-order valence-electron chi connectivity index (χ4n) is 1.69. The number of benzene rings is 1. The maximum atomic E-state index is 11.6. The maximum absolute atomic E-state index is 11.6. The number of aromatic nitrogens is 2. The Labute approximate surface area is 115 Å². The fourth-order valence-corrected chi connectivity index (χ4v) is 1.69. The predicted octanol–water partition coefficient (Wildman–Crippen LogP) is 2.34. The number of H-pyrrole nitrogens is 1. The van der Waals surface area contributed by atoms with E-state index in [4.69, 9.17) is 5.11 Å². The number of nitrogens with one attached hydrogen (secondary N) is 2.